The third-order valence-electron chi connectivity index (χ3n) is 4.68. The minimum Gasteiger partial charge on any atom is -0.319 e. The SMILES string of the molecule is CNCC1(C(C)C)CC2CCC1C2. The van der Waals surface area contributed by atoms with Gasteiger partial charge in [-0.05, 0) is 49.5 Å². The second-order valence-corrected chi connectivity index (χ2v) is 5.50. The Morgan fingerprint density at radius 2 is 2.15 bits per heavy atom. The predicted molar refractivity (Wildman–Crippen MR) is 56.6 cm³/mol. The van der Waals surface area contributed by atoms with Crippen molar-refractivity contribution in [1.29, 1.82) is 0 Å². The van der Waals surface area contributed by atoms with Crippen LogP contribution < -0.4 is 5.32 Å². The van der Waals surface area contributed by atoms with Crippen LogP contribution in [0.5, 0.6) is 0 Å². The maximum Gasteiger partial charge on any atom is 0.00100 e. The van der Waals surface area contributed by atoms with Crippen molar-refractivity contribution >= 4 is 0 Å². The lowest BCUT2D eigenvalue weighted by Crippen LogP contribution is -2.41. The topological polar surface area (TPSA) is 12.0 Å². The molecule has 3 atom stereocenters. The van der Waals surface area contributed by atoms with Crippen LogP contribution in [-0.2, 0) is 0 Å². The molecule has 2 bridgehead atoms. The molecule has 2 fully saturated rings. The van der Waals surface area contributed by atoms with Gasteiger partial charge in [-0.3, -0.25) is 0 Å². The molecule has 1 nitrogen and oxygen atoms in total. The first-order valence-electron chi connectivity index (χ1n) is 5.83. The fraction of sp³-hybridized carbons (Fsp3) is 1.00. The summed E-state index contributed by atoms with van der Waals surface area (Å²) >= 11 is 0. The van der Waals surface area contributed by atoms with E-state index in [9.17, 15) is 0 Å². The molecule has 13 heavy (non-hydrogen) atoms. The second kappa shape index (κ2) is 3.27. The van der Waals surface area contributed by atoms with Gasteiger partial charge in [-0.2, -0.15) is 0 Å². The molecule has 2 aliphatic carbocycles. The smallest absolute Gasteiger partial charge is 0.00100 e. The molecular formula is C12H23N. The average Bonchev–Trinajstić information content (AvgIpc) is 2.64. The first-order valence-corrected chi connectivity index (χ1v) is 5.83. The van der Waals surface area contributed by atoms with E-state index in [1.807, 2.05) is 0 Å². The Hall–Kier alpha value is -0.0400. The van der Waals surface area contributed by atoms with Gasteiger partial charge in [-0.15, -0.1) is 0 Å². The van der Waals surface area contributed by atoms with Crippen LogP contribution in [0.4, 0.5) is 0 Å². The van der Waals surface area contributed by atoms with Gasteiger partial charge in [0.15, 0.2) is 0 Å². The number of rotatable bonds is 3. The fourth-order valence-electron chi connectivity index (χ4n) is 3.94. The first-order chi connectivity index (χ1) is 6.19. The van der Waals surface area contributed by atoms with Crippen LogP contribution in [-0.4, -0.2) is 13.6 Å². The Kier molecular flexibility index (Phi) is 2.39. The normalized spacial score (nSPS) is 43.4. The van der Waals surface area contributed by atoms with Crippen LogP contribution >= 0.6 is 0 Å². The zero-order chi connectivity index (χ0) is 9.47. The molecule has 0 amide bonds. The Bertz CT molecular complexity index is 188. The lowest BCUT2D eigenvalue weighted by atomic mass is 9.66. The summed E-state index contributed by atoms with van der Waals surface area (Å²) in [5.41, 5.74) is 0.650. The summed E-state index contributed by atoms with van der Waals surface area (Å²) < 4.78 is 0. The Morgan fingerprint density at radius 1 is 1.38 bits per heavy atom. The van der Waals surface area contributed by atoms with Crippen LogP contribution in [0.3, 0.4) is 0 Å². The molecular weight excluding hydrogens is 158 g/mol. The number of hydrogen-bond donors (Lipinski definition) is 1. The van der Waals surface area contributed by atoms with Crippen molar-refractivity contribution in [1.82, 2.24) is 5.32 Å². The quantitative estimate of drug-likeness (QED) is 0.706. The van der Waals surface area contributed by atoms with Gasteiger partial charge >= 0.3 is 0 Å². The van der Waals surface area contributed by atoms with E-state index in [-0.39, 0.29) is 0 Å². The van der Waals surface area contributed by atoms with E-state index in [4.69, 9.17) is 0 Å². The van der Waals surface area contributed by atoms with E-state index in [2.05, 4.69) is 26.2 Å². The largest absolute Gasteiger partial charge is 0.319 e. The summed E-state index contributed by atoms with van der Waals surface area (Å²) in [6.07, 6.45) is 6.05. The molecule has 0 radical (unpaired) electrons. The van der Waals surface area contributed by atoms with Crippen LogP contribution in [0.15, 0.2) is 0 Å². The molecule has 0 aromatic carbocycles. The molecule has 0 heterocycles. The summed E-state index contributed by atoms with van der Waals surface area (Å²) in [6, 6.07) is 0. The lowest BCUT2D eigenvalue weighted by molar-refractivity contribution is 0.0957. The predicted octanol–water partition coefficient (Wildman–Crippen LogP) is 2.67. The van der Waals surface area contributed by atoms with Crippen LogP contribution in [0.2, 0.25) is 0 Å². The third-order valence-corrected chi connectivity index (χ3v) is 4.68. The van der Waals surface area contributed by atoms with E-state index < -0.39 is 0 Å². The van der Waals surface area contributed by atoms with Gasteiger partial charge in [0.25, 0.3) is 0 Å². The first kappa shape index (κ1) is 9.51. The molecule has 76 valence electrons. The molecule has 2 aliphatic rings. The highest BCUT2D eigenvalue weighted by Gasteiger charge is 2.51. The summed E-state index contributed by atoms with van der Waals surface area (Å²) in [4.78, 5) is 0. The summed E-state index contributed by atoms with van der Waals surface area (Å²) in [6.45, 7) is 6.07. The van der Waals surface area contributed by atoms with E-state index in [1.54, 1.807) is 0 Å². The van der Waals surface area contributed by atoms with Crippen molar-refractivity contribution in [3.05, 3.63) is 0 Å². The van der Waals surface area contributed by atoms with Crippen molar-refractivity contribution < 1.29 is 0 Å². The third kappa shape index (κ3) is 1.32. The molecule has 0 aromatic heterocycles. The summed E-state index contributed by atoms with van der Waals surface area (Å²) in [5.74, 6) is 2.96. The molecule has 1 heteroatoms. The number of nitrogens with one attached hydrogen (secondary N) is 1. The van der Waals surface area contributed by atoms with E-state index in [0.717, 1.165) is 17.8 Å². The molecule has 0 spiro atoms. The van der Waals surface area contributed by atoms with E-state index in [0.29, 0.717) is 5.41 Å². The molecule has 0 aromatic rings. The van der Waals surface area contributed by atoms with Gasteiger partial charge in [0.1, 0.15) is 0 Å². The maximum absolute atomic E-state index is 3.42. The Balaban J connectivity index is 2.15. The van der Waals surface area contributed by atoms with Gasteiger partial charge < -0.3 is 5.32 Å². The molecule has 2 rings (SSSR count). The Morgan fingerprint density at radius 3 is 2.54 bits per heavy atom. The Labute approximate surface area is 82.3 Å². The fourth-order valence-corrected chi connectivity index (χ4v) is 3.94. The van der Waals surface area contributed by atoms with Gasteiger partial charge in [-0.25, -0.2) is 0 Å². The van der Waals surface area contributed by atoms with Crippen molar-refractivity contribution in [2.75, 3.05) is 13.6 Å². The van der Waals surface area contributed by atoms with Crippen molar-refractivity contribution in [3.8, 4) is 0 Å². The lowest BCUT2D eigenvalue weighted by Gasteiger charge is -2.41. The highest BCUT2D eigenvalue weighted by atomic mass is 14.8. The van der Waals surface area contributed by atoms with Crippen LogP contribution in [0.25, 0.3) is 0 Å². The summed E-state index contributed by atoms with van der Waals surface area (Å²) in [7, 11) is 2.11. The zero-order valence-electron chi connectivity index (χ0n) is 9.27. The molecule has 0 saturated heterocycles. The molecule has 2 saturated carbocycles. The second-order valence-electron chi connectivity index (χ2n) is 5.50. The molecule has 0 aliphatic heterocycles. The summed E-state index contributed by atoms with van der Waals surface area (Å²) in [5, 5.41) is 3.42. The van der Waals surface area contributed by atoms with E-state index >= 15 is 0 Å². The number of fused-ring (bicyclic) bond motifs is 2. The van der Waals surface area contributed by atoms with Crippen LogP contribution in [0.1, 0.15) is 39.5 Å². The monoisotopic (exact) mass is 181 g/mol. The highest BCUT2D eigenvalue weighted by Crippen LogP contribution is 2.58. The van der Waals surface area contributed by atoms with E-state index in [1.165, 1.54) is 32.2 Å². The average molecular weight is 181 g/mol. The van der Waals surface area contributed by atoms with Crippen molar-refractivity contribution in [2.24, 2.45) is 23.2 Å². The molecule has 1 N–H and O–H groups in total. The maximum atomic E-state index is 3.42. The van der Waals surface area contributed by atoms with Gasteiger partial charge in [0, 0.05) is 6.54 Å². The van der Waals surface area contributed by atoms with Gasteiger partial charge in [-0.1, -0.05) is 20.3 Å². The number of hydrogen-bond acceptors (Lipinski definition) is 1. The zero-order valence-corrected chi connectivity index (χ0v) is 9.27. The minimum absolute atomic E-state index is 0.650. The van der Waals surface area contributed by atoms with Gasteiger partial charge in [0.05, 0.1) is 0 Å². The molecule has 3 unspecified atom stereocenters. The van der Waals surface area contributed by atoms with Crippen molar-refractivity contribution in [3.63, 3.8) is 0 Å². The van der Waals surface area contributed by atoms with Crippen molar-refractivity contribution in [2.45, 2.75) is 39.5 Å². The standard InChI is InChI=1S/C12H23N/c1-9(2)12(8-13-3)7-10-4-5-11(12)6-10/h9-11,13H,4-8H2,1-3H3. The van der Waals surface area contributed by atoms with Gasteiger partial charge in [0.2, 0.25) is 0 Å². The van der Waals surface area contributed by atoms with Crippen LogP contribution in [0, 0.1) is 23.2 Å². The minimum atomic E-state index is 0.650. The highest BCUT2D eigenvalue weighted by molar-refractivity contribution is 5.02.